The molecule has 0 aliphatic carbocycles. The first kappa shape index (κ1) is 18.6. The first-order chi connectivity index (χ1) is 14.5. The highest BCUT2D eigenvalue weighted by atomic mass is 16.6. The molecule has 30 heavy (non-hydrogen) atoms. The van der Waals surface area contributed by atoms with Crippen molar-refractivity contribution in [1.82, 2.24) is 30.7 Å². The molecule has 0 atom stereocenters. The van der Waals surface area contributed by atoms with Crippen molar-refractivity contribution in [1.29, 1.82) is 0 Å². The van der Waals surface area contributed by atoms with E-state index in [0.29, 0.717) is 16.8 Å². The molecule has 0 aliphatic heterocycles. The normalized spacial score (nSPS) is 11.1. The molecule has 2 aromatic carbocycles. The van der Waals surface area contributed by atoms with Gasteiger partial charge in [0.05, 0.1) is 6.21 Å². The maximum atomic E-state index is 12.7. The Morgan fingerprint density at radius 3 is 2.63 bits per heavy atom. The molecule has 0 saturated carbocycles. The maximum absolute atomic E-state index is 12.7. The van der Waals surface area contributed by atoms with E-state index in [9.17, 15) is 15.0 Å². The number of nitrogens with two attached hydrogens (primary N) is 1. The zero-order valence-electron chi connectivity index (χ0n) is 15.2. The maximum Gasteiger partial charge on any atom is 0.294 e. The lowest BCUT2D eigenvalue weighted by Crippen LogP contribution is -2.19. The first-order valence-corrected chi connectivity index (χ1v) is 8.49. The van der Waals surface area contributed by atoms with E-state index in [2.05, 4.69) is 35.8 Å². The third kappa shape index (κ3) is 3.52. The van der Waals surface area contributed by atoms with Crippen LogP contribution >= 0.6 is 0 Å². The van der Waals surface area contributed by atoms with E-state index in [1.807, 2.05) is 6.07 Å². The molecule has 5 N–H and O–H groups in total. The number of nitrogen functional groups attached to an aromatic ring is 1. The number of aromatic nitrogens is 5. The van der Waals surface area contributed by atoms with Gasteiger partial charge in [-0.2, -0.15) is 9.78 Å². The smallest absolute Gasteiger partial charge is 0.294 e. The molecule has 150 valence electrons. The van der Waals surface area contributed by atoms with Crippen LogP contribution in [0, 0.1) is 0 Å². The van der Waals surface area contributed by atoms with Gasteiger partial charge in [0.15, 0.2) is 17.2 Å². The number of aromatic hydroxyl groups is 2. The van der Waals surface area contributed by atoms with E-state index < -0.39 is 5.91 Å². The van der Waals surface area contributed by atoms with Crippen molar-refractivity contribution < 1.29 is 19.6 Å². The second kappa shape index (κ2) is 7.71. The Kier molecular flexibility index (Phi) is 4.78. The summed E-state index contributed by atoms with van der Waals surface area (Å²) in [6.07, 6.45) is 1.29. The molecular weight excluding hydrogens is 392 g/mol. The summed E-state index contributed by atoms with van der Waals surface area (Å²) in [7, 11) is 0. The lowest BCUT2D eigenvalue weighted by Gasteiger charge is -2.05. The number of carbonyl (C=O) groups is 1. The van der Waals surface area contributed by atoms with E-state index in [-0.39, 0.29) is 28.8 Å². The molecule has 0 saturated heterocycles. The molecular formula is C18H14N8O4. The van der Waals surface area contributed by atoms with Crippen molar-refractivity contribution in [2.45, 2.75) is 0 Å². The van der Waals surface area contributed by atoms with E-state index in [1.54, 1.807) is 24.3 Å². The standard InChI is InChI=1S/C18H14N8O4/c19-16-17(24-30-23-16)26-15(11-4-2-1-3-5-11)14(21-25-26)18(29)22-20-9-10-6-7-12(27)13(28)8-10/h1-9,27-28H,(H2,19,23)(H,22,29)/b20-9+. The summed E-state index contributed by atoms with van der Waals surface area (Å²) in [4.78, 5) is 12.7. The van der Waals surface area contributed by atoms with Gasteiger partial charge in [-0.1, -0.05) is 35.5 Å². The summed E-state index contributed by atoms with van der Waals surface area (Å²) in [6, 6.07) is 13.0. The molecule has 0 unspecified atom stereocenters. The Hall–Kier alpha value is -4.74. The highest BCUT2D eigenvalue weighted by Crippen LogP contribution is 2.26. The highest BCUT2D eigenvalue weighted by Gasteiger charge is 2.24. The van der Waals surface area contributed by atoms with Gasteiger partial charge in [-0.3, -0.25) is 4.79 Å². The average Bonchev–Trinajstić information content (AvgIpc) is 3.37. The van der Waals surface area contributed by atoms with Crippen LogP contribution in [0.15, 0.2) is 58.3 Å². The van der Waals surface area contributed by atoms with Gasteiger partial charge in [0.1, 0.15) is 5.69 Å². The van der Waals surface area contributed by atoms with Crippen molar-refractivity contribution in [3.8, 4) is 28.6 Å². The number of amides is 1. The van der Waals surface area contributed by atoms with Gasteiger partial charge in [0, 0.05) is 5.56 Å². The molecule has 4 aromatic rings. The van der Waals surface area contributed by atoms with Gasteiger partial charge >= 0.3 is 0 Å². The van der Waals surface area contributed by atoms with Crippen LogP contribution in [0.4, 0.5) is 5.82 Å². The fourth-order valence-electron chi connectivity index (χ4n) is 2.62. The van der Waals surface area contributed by atoms with E-state index >= 15 is 0 Å². The topological polar surface area (TPSA) is 178 Å². The van der Waals surface area contributed by atoms with Gasteiger partial charge < -0.3 is 15.9 Å². The highest BCUT2D eigenvalue weighted by molar-refractivity contribution is 5.98. The summed E-state index contributed by atoms with van der Waals surface area (Å²) in [5.74, 6) is -1.15. The number of nitrogens with zero attached hydrogens (tertiary/aromatic N) is 6. The number of hydrogen-bond acceptors (Lipinski definition) is 10. The summed E-state index contributed by atoms with van der Waals surface area (Å²) in [5, 5.41) is 37.8. The monoisotopic (exact) mass is 406 g/mol. The van der Waals surface area contributed by atoms with Gasteiger partial charge in [-0.25, -0.2) is 10.1 Å². The number of hydrogen-bond donors (Lipinski definition) is 4. The van der Waals surface area contributed by atoms with Gasteiger partial charge in [-0.05, 0) is 34.1 Å². The Morgan fingerprint density at radius 2 is 1.93 bits per heavy atom. The molecule has 0 radical (unpaired) electrons. The number of benzene rings is 2. The minimum Gasteiger partial charge on any atom is -0.504 e. The number of phenols is 2. The first-order valence-electron chi connectivity index (χ1n) is 8.49. The lowest BCUT2D eigenvalue weighted by atomic mass is 10.1. The van der Waals surface area contributed by atoms with Crippen LogP contribution in [0.2, 0.25) is 0 Å². The summed E-state index contributed by atoms with van der Waals surface area (Å²) < 4.78 is 5.86. The minimum absolute atomic E-state index is 0.0193. The van der Waals surface area contributed by atoms with Crippen molar-refractivity contribution in [3.63, 3.8) is 0 Å². The van der Waals surface area contributed by atoms with E-state index in [0.717, 1.165) is 0 Å². The van der Waals surface area contributed by atoms with Crippen LogP contribution in [0.5, 0.6) is 11.5 Å². The molecule has 2 aromatic heterocycles. The molecule has 12 heteroatoms. The van der Waals surface area contributed by atoms with Crippen LogP contribution in [0.1, 0.15) is 16.1 Å². The lowest BCUT2D eigenvalue weighted by molar-refractivity contribution is 0.0950. The van der Waals surface area contributed by atoms with Gasteiger partial charge in [0.25, 0.3) is 5.91 Å². The second-order valence-electron chi connectivity index (χ2n) is 5.98. The van der Waals surface area contributed by atoms with Crippen LogP contribution in [0.3, 0.4) is 0 Å². The Labute approximate surface area is 168 Å². The molecule has 0 aliphatic rings. The number of rotatable bonds is 5. The summed E-state index contributed by atoms with van der Waals surface area (Å²) in [6.45, 7) is 0. The predicted molar refractivity (Wildman–Crippen MR) is 104 cm³/mol. The second-order valence-corrected chi connectivity index (χ2v) is 5.98. The Bertz CT molecular complexity index is 1230. The number of phenolic OH excluding ortho intramolecular Hbond substituents is 2. The quantitative estimate of drug-likeness (QED) is 0.214. The van der Waals surface area contributed by atoms with Crippen molar-refractivity contribution >= 4 is 17.9 Å². The molecule has 0 spiro atoms. The third-order valence-electron chi connectivity index (χ3n) is 4.01. The molecule has 2 heterocycles. The van der Waals surface area contributed by atoms with E-state index in [4.69, 9.17) is 5.73 Å². The zero-order valence-corrected chi connectivity index (χ0v) is 15.2. The van der Waals surface area contributed by atoms with Crippen LogP contribution in [0.25, 0.3) is 17.1 Å². The average molecular weight is 406 g/mol. The summed E-state index contributed by atoms with van der Waals surface area (Å²) in [5.41, 5.74) is 9.46. The SMILES string of the molecule is Nc1nonc1-n1nnc(C(=O)N/N=C/c2ccc(O)c(O)c2)c1-c1ccccc1. The Balaban J connectivity index is 1.66. The molecule has 0 bridgehead atoms. The molecule has 12 nitrogen and oxygen atoms in total. The molecule has 0 fully saturated rings. The van der Waals surface area contributed by atoms with Crippen molar-refractivity contribution in [2.75, 3.05) is 5.73 Å². The van der Waals surface area contributed by atoms with E-state index in [1.165, 1.54) is 29.1 Å². The van der Waals surface area contributed by atoms with Crippen LogP contribution in [-0.2, 0) is 0 Å². The zero-order chi connectivity index (χ0) is 21.1. The number of anilines is 1. The predicted octanol–water partition coefficient (Wildman–Crippen LogP) is 1.07. The fraction of sp³-hybridized carbons (Fsp3) is 0. The molecule has 4 rings (SSSR count). The van der Waals surface area contributed by atoms with Gasteiger partial charge in [-0.15, -0.1) is 5.10 Å². The third-order valence-corrected chi connectivity index (χ3v) is 4.01. The Morgan fingerprint density at radius 1 is 1.13 bits per heavy atom. The van der Waals surface area contributed by atoms with Crippen LogP contribution < -0.4 is 11.2 Å². The minimum atomic E-state index is -0.644. The molecule has 1 amide bonds. The fourth-order valence-corrected chi connectivity index (χ4v) is 2.62. The number of nitrogens with one attached hydrogen (secondary N) is 1. The number of hydrazone groups is 1. The summed E-state index contributed by atoms with van der Waals surface area (Å²) >= 11 is 0. The van der Waals surface area contributed by atoms with Crippen molar-refractivity contribution in [3.05, 3.63) is 59.8 Å². The van der Waals surface area contributed by atoms with Crippen molar-refractivity contribution in [2.24, 2.45) is 5.10 Å². The van der Waals surface area contributed by atoms with Crippen LogP contribution in [-0.4, -0.2) is 47.6 Å². The largest absolute Gasteiger partial charge is 0.504 e. The number of carbonyl (C=O) groups excluding carboxylic acids is 1. The van der Waals surface area contributed by atoms with Gasteiger partial charge in [0.2, 0.25) is 11.6 Å².